The highest BCUT2D eigenvalue weighted by Gasteiger charge is 2.65. The quantitative estimate of drug-likeness (QED) is 0.0460. The molecule has 3 aliphatic rings. The van der Waals surface area contributed by atoms with Crippen molar-refractivity contribution >= 4 is 39.1 Å². The molecule has 2 aliphatic carbocycles. The maximum atomic E-state index is 14.8. The molecule has 0 saturated heterocycles. The molecular formula is C47H61N3O9S2. The number of amides is 1. The first kappa shape index (κ1) is 46.3. The molecule has 0 spiro atoms. The molecule has 1 heterocycles. The van der Waals surface area contributed by atoms with Crippen molar-refractivity contribution in [1.29, 1.82) is 0 Å². The molecule has 1 aliphatic heterocycles. The first-order valence-electron chi connectivity index (χ1n) is 21.1. The number of likely N-dealkylation sites (N-methyl/N-ethyl adjacent to an activating group) is 1. The molecule has 3 N–H and O–H groups in total. The second-order valence-corrected chi connectivity index (χ2v) is 19.9. The monoisotopic (exact) mass is 875 g/mol. The number of nitrogens with one attached hydrogen (secondary N) is 1. The third kappa shape index (κ3) is 10.4. The average molecular weight is 876 g/mol. The lowest BCUT2D eigenvalue weighted by atomic mass is 9.55. The molecule has 0 bridgehead atoms. The minimum absolute atomic E-state index is 0.00349. The summed E-state index contributed by atoms with van der Waals surface area (Å²) in [6.07, 6.45) is 10.4. The van der Waals surface area contributed by atoms with E-state index in [1.165, 1.54) is 23.4 Å². The molecule has 14 heteroatoms. The van der Waals surface area contributed by atoms with Gasteiger partial charge >= 0.3 is 0 Å². The second kappa shape index (κ2) is 19.9. The lowest BCUT2D eigenvalue weighted by Gasteiger charge is -2.59. The van der Waals surface area contributed by atoms with Gasteiger partial charge in [0.1, 0.15) is 22.8 Å². The molecule has 3 aromatic carbocycles. The highest BCUT2D eigenvalue weighted by atomic mass is 32.2. The Bertz CT molecular complexity index is 2170. The van der Waals surface area contributed by atoms with Gasteiger partial charge in [-0.1, -0.05) is 30.1 Å². The van der Waals surface area contributed by atoms with E-state index in [1.807, 2.05) is 69.5 Å². The number of aliphatic hydroxyl groups is 2. The lowest BCUT2D eigenvalue weighted by Crippen LogP contribution is -2.69. The SMILES string of the molecule is C=CCOC12Oc3ccc(Oc4ccc(SC)cc4)cc3C3C(CCCCO)C(CCCCO)C=C(C(=NOC(C)(C)C)CC1N(C)S(=O)(=O)c1ccc(NC(C)=O)cc1)C32. The number of oxime groups is 1. The summed E-state index contributed by atoms with van der Waals surface area (Å²) in [5, 5.41) is 27.4. The van der Waals surface area contributed by atoms with Crippen LogP contribution in [-0.4, -0.2) is 85.1 Å². The van der Waals surface area contributed by atoms with Gasteiger partial charge in [0.2, 0.25) is 21.7 Å². The summed E-state index contributed by atoms with van der Waals surface area (Å²) < 4.78 is 51.7. The smallest absolute Gasteiger partial charge is 0.243 e. The number of thioether (sulfide) groups is 1. The number of hydrogen-bond donors (Lipinski definition) is 3. The number of anilines is 1. The zero-order chi connectivity index (χ0) is 44.0. The van der Waals surface area contributed by atoms with Crippen LogP contribution in [0.3, 0.4) is 0 Å². The van der Waals surface area contributed by atoms with Crippen LogP contribution >= 0.6 is 11.8 Å². The number of hydrogen-bond acceptors (Lipinski definition) is 11. The lowest BCUT2D eigenvalue weighted by molar-refractivity contribution is -0.250. The van der Waals surface area contributed by atoms with E-state index in [0.29, 0.717) is 41.5 Å². The average Bonchev–Trinajstić information content (AvgIpc) is 3.23. The van der Waals surface area contributed by atoms with E-state index in [0.717, 1.165) is 41.7 Å². The first-order chi connectivity index (χ1) is 29.1. The molecule has 1 saturated carbocycles. The number of benzene rings is 3. The highest BCUT2D eigenvalue weighted by molar-refractivity contribution is 7.98. The van der Waals surface area contributed by atoms with Crippen LogP contribution in [0.1, 0.15) is 84.1 Å². The van der Waals surface area contributed by atoms with Gasteiger partial charge in [-0.15, -0.1) is 18.3 Å². The van der Waals surface area contributed by atoms with E-state index < -0.39 is 33.4 Å². The van der Waals surface area contributed by atoms with Crippen molar-refractivity contribution in [2.24, 2.45) is 22.9 Å². The largest absolute Gasteiger partial charge is 0.460 e. The van der Waals surface area contributed by atoms with Crippen LogP contribution in [0, 0.1) is 17.8 Å². The molecule has 0 radical (unpaired) electrons. The highest BCUT2D eigenvalue weighted by Crippen LogP contribution is 2.62. The Balaban J connectivity index is 1.58. The van der Waals surface area contributed by atoms with Crippen LogP contribution in [0.15, 0.2) is 106 Å². The Labute approximate surface area is 365 Å². The third-order valence-corrected chi connectivity index (χ3v) is 14.3. The summed E-state index contributed by atoms with van der Waals surface area (Å²) in [7, 11) is -2.68. The van der Waals surface area contributed by atoms with Crippen molar-refractivity contribution in [1.82, 2.24) is 4.31 Å². The molecule has 6 atom stereocenters. The molecule has 6 rings (SSSR count). The van der Waals surface area contributed by atoms with Gasteiger partial charge in [0.25, 0.3) is 0 Å². The first-order valence-corrected chi connectivity index (χ1v) is 23.8. The maximum Gasteiger partial charge on any atom is 0.243 e. The molecule has 1 amide bonds. The van der Waals surface area contributed by atoms with Gasteiger partial charge in [0, 0.05) is 55.7 Å². The Morgan fingerprint density at radius 3 is 2.31 bits per heavy atom. The van der Waals surface area contributed by atoms with E-state index in [2.05, 4.69) is 18.0 Å². The number of carbonyl (C=O) groups excluding carboxylic acids is 1. The van der Waals surface area contributed by atoms with Crippen molar-refractivity contribution in [2.75, 3.05) is 38.4 Å². The van der Waals surface area contributed by atoms with Gasteiger partial charge < -0.3 is 34.6 Å². The van der Waals surface area contributed by atoms with Crippen molar-refractivity contribution in [3.05, 3.63) is 96.6 Å². The van der Waals surface area contributed by atoms with Crippen molar-refractivity contribution in [3.63, 3.8) is 0 Å². The number of sulfonamides is 1. The van der Waals surface area contributed by atoms with Gasteiger partial charge in [-0.3, -0.25) is 4.79 Å². The molecule has 12 nitrogen and oxygen atoms in total. The Morgan fingerprint density at radius 1 is 1.02 bits per heavy atom. The fourth-order valence-corrected chi connectivity index (χ4v) is 10.8. The van der Waals surface area contributed by atoms with Crippen LogP contribution in [0.25, 0.3) is 0 Å². The van der Waals surface area contributed by atoms with Crippen LogP contribution < -0.4 is 14.8 Å². The van der Waals surface area contributed by atoms with Crippen molar-refractivity contribution < 1.29 is 42.5 Å². The predicted octanol–water partition coefficient (Wildman–Crippen LogP) is 8.91. The summed E-state index contributed by atoms with van der Waals surface area (Å²) in [6, 6.07) is 18.8. The molecule has 3 aromatic rings. The summed E-state index contributed by atoms with van der Waals surface area (Å²) in [5.41, 5.74) is 2.20. The standard InChI is InChI=1S/C47H61N3O9S2/c1-8-27-56-47-43(50(6)61(54,55)37-22-15-33(16-23-37)48-31(2)53)30-41(49-59-46(3,4)5)39-28-32(13-9-11-25-51)38(14-10-12-26-52)44(45(39)47)40-29-35(19-24-42(40)58-47)57-34-17-20-36(60-7)21-18-34/h8,15-24,28-29,32,38,43-45,51-52H,1,9-14,25-27,30H2,2-7H3,(H,48,53). The number of unbranched alkanes of at least 4 members (excludes halogenated alkanes) is 2. The van der Waals surface area contributed by atoms with Crippen molar-refractivity contribution in [3.8, 4) is 17.2 Å². The zero-order valence-electron chi connectivity index (χ0n) is 36.1. The molecule has 61 heavy (non-hydrogen) atoms. The molecule has 330 valence electrons. The van der Waals surface area contributed by atoms with E-state index >= 15 is 0 Å². The number of ether oxygens (including phenoxy) is 3. The van der Waals surface area contributed by atoms with E-state index in [9.17, 15) is 23.4 Å². The van der Waals surface area contributed by atoms with Gasteiger partial charge in [-0.05, 0) is 137 Å². The number of fused-ring (bicyclic) bond motifs is 2. The maximum absolute atomic E-state index is 14.8. The minimum Gasteiger partial charge on any atom is -0.460 e. The number of carbonyl (C=O) groups is 1. The van der Waals surface area contributed by atoms with Crippen molar-refractivity contribution in [2.45, 2.75) is 106 Å². The molecule has 1 fully saturated rings. The van der Waals surface area contributed by atoms with Crippen LogP contribution in [0.4, 0.5) is 5.69 Å². The second-order valence-electron chi connectivity index (χ2n) is 17.0. The molecule has 6 unspecified atom stereocenters. The van der Waals surface area contributed by atoms with Gasteiger partial charge in [0.05, 0.1) is 29.2 Å². The summed E-state index contributed by atoms with van der Waals surface area (Å²) in [6.45, 7) is 11.3. The topological polar surface area (TPSA) is 156 Å². The summed E-state index contributed by atoms with van der Waals surface area (Å²) in [4.78, 5) is 19.1. The normalized spacial score (nSPS) is 24.0. The minimum atomic E-state index is -4.22. The fraction of sp³-hybridized carbons (Fsp3) is 0.489. The number of aliphatic hydroxyl groups excluding tert-OH is 2. The van der Waals surface area contributed by atoms with E-state index in [4.69, 9.17) is 24.2 Å². The summed E-state index contributed by atoms with van der Waals surface area (Å²) in [5.74, 6) is -0.807. The Kier molecular flexibility index (Phi) is 15.1. The van der Waals surface area contributed by atoms with Gasteiger partial charge in [-0.25, -0.2) is 8.42 Å². The number of nitrogens with zero attached hydrogens (tertiary/aromatic N) is 2. The van der Waals surface area contributed by atoms with Crippen LogP contribution in [0.2, 0.25) is 0 Å². The summed E-state index contributed by atoms with van der Waals surface area (Å²) >= 11 is 1.65. The van der Waals surface area contributed by atoms with E-state index in [1.54, 1.807) is 37.0 Å². The van der Waals surface area contributed by atoms with Crippen LogP contribution in [0.5, 0.6) is 17.2 Å². The number of allylic oxidation sites excluding steroid dienone is 1. The molecular weight excluding hydrogens is 815 g/mol. The zero-order valence-corrected chi connectivity index (χ0v) is 37.8. The van der Waals surface area contributed by atoms with E-state index in [-0.39, 0.29) is 54.8 Å². The van der Waals surface area contributed by atoms with Gasteiger partial charge in [-0.2, -0.15) is 4.31 Å². The molecule has 0 aromatic heterocycles. The fourth-order valence-electron chi connectivity index (χ4n) is 8.99. The van der Waals surface area contributed by atoms with Gasteiger partial charge in [0.15, 0.2) is 0 Å². The Hall–Kier alpha value is -4.18. The Morgan fingerprint density at radius 2 is 1.69 bits per heavy atom. The van der Waals surface area contributed by atoms with Crippen LogP contribution in [-0.2, 0) is 24.4 Å². The number of rotatable bonds is 19. The third-order valence-electron chi connectivity index (χ3n) is 11.7. The predicted molar refractivity (Wildman–Crippen MR) is 240 cm³/mol.